The number of fused-ring (bicyclic) bond motifs is 3. The molecule has 170 valence electrons. The molecule has 1 aliphatic heterocycles. The van der Waals surface area contributed by atoms with Crippen molar-refractivity contribution in [3.05, 3.63) is 86.5 Å². The number of nitrogens with two attached hydrogens (primary N) is 1. The minimum atomic E-state index is -0.224. The quantitative estimate of drug-likeness (QED) is 0.456. The fraction of sp³-hybridized carbons (Fsp3) is 0.296. The highest BCUT2D eigenvalue weighted by Crippen LogP contribution is 2.44. The van der Waals surface area contributed by atoms with Crippen molar-refractivity contribution in [2.45, 2.75) is 19.4 Å². The molecule has 5 rings (SSSR count). The standard InChI is InChI=1S/C27H28IN3O2/c1-18-19(16-29)14-20(15-26(18)28)30-10-12-31(13-11-30)27(32)33-17-25-23-8-4-2-6-21(23)22-7-3-5-9-24(22)25/h2-9,14-15,25H,10-13,16-17,29H2,1H3. The zero-order chi connectivity index (χ0) is 22.9. The molecule has 0 radical (unpaired) electrons. The molecule has 2 aliphatic rings. The molecule has 3 aromatic carbocycles. The van der Waals surface area contributed by atoms with Gasteiger partial charge in [-0.05, 0) is 75.0 Å². The first-order chi connectivity index (χ1) is 16.1. The molecule has 0 unspecified atom stereocenters. The van der Waals surface area contributed by atoms with Gasteiger partial charge in [-0.2, -0.15) is 0 Å². The van der Waals surface area contributed by atoms with Gasteiger partial charge in [-0.25, -0.2) is 4.79 Å². The highest BCUT2D eigenvalue weighted by atomic mass is 127. The first-order valence-corrected chi connectivity index (χ1v) is 12.5. The Labute approximate surface area is 208 Å². The molecule has 33 heavy (non-hydrogen) atoms. The van der Waals surface area contributed by atoms with Crippen LogP contribution in [0.1, 0.15) is 28.2 Å². The van der Waals surface area contributed by atoms with E-state index in [4.69, 9.17) is 10.5 Å². The largest absolute Gasteiger partial charge is 0.448 e. The molecule has 0 bridgehead atoms. The molecular formula is C27H28IN3O2. The van der Waals surface area contributed by atoms with Crippen LogP contribution in [0.15, 0.2) is 60.7 Å². The van der Waals surface area contributed by atoms with Gasteiger partial charge < -0.3 is 20.3 Å². The van der Waals surface area contributed by atoms with E-state index in [1.54, 1.807) is 0 Å². The van der Waals surface area contributed by atoms with E-state index in [-0.39, 0.29) is 12.0 Å². The van der Waals surface area contributed by atoms with Crippen LogP contribution in [0.25, 0.3) is 11.1 Å². The van der Waals surface area contributed by atoms with Crippen molar-refractivity contribution in [3.8, 4) is 11.1 Å². The average molecular weight is 553 g/mol. The molecule has 1 fully saturated rings. The van der Waals surface area contributed by atoms with Crippen molar-refractivity contribution in [2.24, 2.45) is 5.73 Å². The van der Waals surface area contributed by atoms with Gasteiger partial charge >= 0.3 is 6.09 Å². The van der Waals surface area contributed by atoms with Gasteiger partial charge in [0.25, 0.3) is 0 Å². The number of nitrogens with zero attached hydrogens (tertiary/aromatic N) is 2. The summed E-state index contributed by atoms with van der Waals surface area (Å²) in [5.74, 6) is 0.0898. The molecule has 1 aliphatic carbocycles. The molecule has 0 spiro atoms. The molecule has 5 nitrogen and oxygen atoms in total. The molecule has 0 atom stereocenters. The Balaban J connectivity index is 1.22. The Bertz CT molecular complexity index is 1140. The first kappa shape index (κ1) is 22.2. The SMILES string of the molecule is Cc1c(I)cc(N2CCN(C(=O)OCC3c4ccccc4-c4ccccc43)CC2)cc1CN. The summed E-state index contributed by atoms with van der Waals surface area (Å²) in [4.78, 5) is 17.0. The van der Waals surface area contributed by atoms with Crippen molar-refractivity contribution in [1.29, 1.82) is 0 Å². The van der Waals surface area contributed by atoms with Gasteiger partial charge in [0.1, 0.15) is 6.61 Å². The smallest absolute Gasteiger partial charge is 0.409 e. The summed E-state index contributed by atoms with van der Waals surface area (Å²) in [5, 5.41) is 0. The van der Waals surface area contributed by atoms with Crippen molar-refractivity contribution >= 4 is 34.4 Å². The Morgan fingerprint density at radius 3 is 2.21 bits per heavy atom. The van der Waals surface area contributed by atoms with Gasteiger partial charge in [0.15, 0.2) is 0 Å². The lowest BCUT2D eigenvalue weighted by Crippen LogP contribution is -2.49. The minimum absolute atomic E-state index is 0.0898. The van der Waals surface area contributed by atoms with Crippen LogP contribution in [-0.2, 0) is 11.3 Å². The summed E-state index contributed by atoms with van der Waals surface area (Å²) in [5.41, 5.74) is 14.5. The van der Waals surface area contributed by atoms with E-state index in [9.17, 15) is 4.79 Å². The number of anilines is 1. The normalized spacial score (nSPS) is 15.4. The minimum Gasteiger partial charge on any atom is -0.448 e. The molecule has 1 saturated heterocycles. The average Bonchev–Trinajstić information content (AvgIpc) is 3.18. The van der Waals surface area contributed by atoms with Crippen LogP contribution in [-0.4, -0.2) is 43.8 Å². The van der Waals surface area contributed by atoms with Crippen LogP contribution in [0.2, 0.25) is 0 Å². The molecule has 0 saturated carbocycles. The third-order valence-electron chi connectivity index (χ3n) is 6.90. The molecule has 2 N–H and O–H groups in total. The number of rotatable bonds is 4. The van der Waals surface area contributed by atoms with E-state index in [0.29, 0.717) is 26.2 Å². The second-order valence-corrected chi connectivity index (χ2v) is 9.86. The lowest BCUT2D eigenvalue weighted by Gasteiger charge is -2.36. The van der Waals surface area contributed by atoms with Crippen LogP contribution < -0.4 is 10.6 Å². The van der Waals surface area contributed by atoms with Crippen LogP contribution in [0.3, 0.4) is 0 Å². The number of hydrogen-bond acceptors (Lipinski definition) is 4. The predicted octanol–water partition coefficient (Wildman–Crippen LogP) is 5.13. The number of halogens is 1. The van der Waals surface area contributed by atoms with Gasteiger partial charge in [-0.1, -0.05) is 48.5 Å². The molecule has 1 heterocycles. The van der Waals surface area contributed by atoms with E-state index in [0.717, 1.165) is 13.1 Å². The number of piperazine rings is 1. The third kappa shape index (κ3) is 4.22. The number of amides is 1. The van der Waals surface area contributed by atoms with E-state index in [2.05, 4.69) is 95.1 Å². The van der Waals surface area contributed by atoms with E-state index < -0.39 is 0 Å². The second-order valence-electron chi connectivity index (χ2n) is 8.69. The number of carbonyl (C=O) groups excluding carboxylic acids is 1. The maximum absolute atomic E-state index is 12.9. The van der Waals surface area contributed by atoms with Crippen LogP contribution in [0.4, 0.5) is 10.5 Å². The van der Waals surface area contributed by atoms with E-state index in [1.165, 1.54) is 42.6 Å². The molecule has 0 aromatic heterocycles. The Morgan fingerprint density at radius 1 is 1.00 bits per heavy atom. The predicted molar refractivity (Wildman–Crippen MR) is 141 cm³/mol. The highest BCUT2D eigenvalue weighted by molar-refractivity contribution is 14.1. The number of hydrogen-bond donors (Lipinski definition) is 1. The van der Waals surface area contributed by atoms with Crippen LogP contribution in [0, 0.1) is 10.5 Å². The molecule has 3 aromatic rings. The van der Waals surface area contributed by atoms with Crippen LogP contribution >= 0.6 is 22.6 Å². The molecule has 1 amide bonds. The Hall–Kier alpha value is -2.58. The van der Waals surface area contributed by atoms with Gasteiger partial charge in [0.05, 0.1) is 0 Å². The summed E-state index contributed by atoms with van der Waals surface area (Å²) >= 11 is 2.37. The van der Waals surface area contributed by atoms with Crippen molar-refractivity contribution in [2.75, 3.05) is 37.7 Å². The Kier molecular flexibility index (Phi) is 6.29. The van der Waals surface area contributed by atoms with Gasteiger partial charge in [-0.3, -0.25) is 0 Å². The highest BCUT2D eigenvalue weighted by Gasteiger charge is 2.30. The third-order valence-corrected chi connectivity index (χ3v) is 8.02. The van der Waals surface area contributed by atoms with Gasteiger partial charge in [0.2, 0.25) is 0 Å². The number of ether oxygens (including phenoxy) is 1. The van der Waals surface area contributed by atoms with Crippen LogP contribution in [0.5, 0.6) is 0 Å². The fourth-order valence-electron chi connectivity index (χ4n) is 4.95. The number of carbonyl (C=O) groups is 1. The summed E-state index contributed by atoms with van der Waals surface area (Å²) in [6, 6.07) is 21.2. The van der Waals surface area contributed by atoms with Gasteiger partial charge in [0, 0.05) is 47.9 Å². The summed E-state index contributed by atoms with van der Waals surface area (Å²) in [7, 11) is 0. The lowest BCUT2D eigenvalue weighted by atomic mass is 9.98. The number of benzene rings is 3. The maximum Gasteiger partial charge on any atom is 0.409 e. The van der Waals surface area contributed by atoms with Crippen molar-refractivity contribution in [1.82, 2.24) is 4.90 Å². The monoisotopic (exact) mass is 553 g/mol. The van der Waals surface area contributed by atoms with Gasteiger partial charge in [-0.15, -0.1) is 0 Å². The van der Waals surface area contributed by atoms with E-state index in [1.807, 2.05) is 4.90 Å². The zero-order valence-electron chi connectivity index (χ0n) is 18.8. The van der Waals surface area contributed by atoms with E-state index >= 15 is 0 Å². The topological polar surface area (TPSA) is 58.8 Å². The summed E-state index contributed by atoms with van der Waals surface area (Å²) in [6.07, 6.45) is -0.224. The Morgan fingerprint density at radius 2 is 1.61 bits per heavy atom. The molecular weight excluding hydrogens is 525 g/mol. The summed E-state index contributed by atoms with van der Waals surface area (Å²) < 4.78 is 7.07. The lowest BCUT2D eigenvalue weighted by molar-refractivity contribution is 0.0977. The van der Waals surface area contributed by atoms with Crippen molar-refractivity contribution < 1.29 is 9.53 Å². The van der Waals surface area contributed by atoms with Crippen molar-refractivity contribution in [3.63, 3.8) is 0 Å². The summed E-state index contributed by atoms with van der Waals surface area (Å²) in [6.45, 7) is 5.89. The second kappa shape index (κ2) is 9.35. The fourth-order valence-corrected chi connectivity index (χ4v) is 5.61. The zero-order valence-corrected chi connectivity index (χ0v) is 20.9. The first-order valence-electron chi connectivity index (χ1n) is 11.4. The maximum atomic E-state index is 12.9. The molecule has 6 heteroatoms.